The molecule has 0 saturated heterocycles. The Kier molecular flexibility index (Phi) is 4.97. The molecule has 1 aromatic rings. The summed E-state index contributed by atoms with van der Waals surface area (Å²) < 4.78 is 12.3. The molecule has 0 amide bonds. The first-order valence-electron chi connectivity index (χ1n) is 4.46. The predicted molar refractivity (Wildman–Crippen MR) is 58.8 cm³/mol. The molecule has 0 aliphatic rings. The van der Waals surface area contributed by atoms with Crippen LogP contribution in [0, 0.1) is 6.08 Å². The normalized spacial score (nSPS) is 10.8. The SMILES string of the molecule is CC(=O)SCCC=Cc1cnc(F)nc1. The van der Waals surface area contributed by atoms with E-state index in [2.05, 4.69) is 9.97 Å². The van der Waals surface area contributed by atoms with E-state index in [0.29, 0.717) is 0 Å². The highest BCUT2D eigenvalue weighted by atomic mass is 32.2. The van der Waals surface area contributed by atoms with Gasteiger partial charge in [-0.05, 0) is 6.42 Å². The summed E-state index contributed by atoms with van der Waals surface area (Å²) >= 11 is 1.29. The number of carbonyl (C=O) groups excluding carboxylic acids is 1. The van der Waals surface area contributed by atoms with Crippen molar-refractivity contribution < 1.29 is 9.18 Å². The molecule has 1 aromatic heterocycles. The van der Waals surface area contributed by atoms with Crippen LogP contribution in [0.15, 0.2) is 18.5 Å². The number of hydrogen-bond acceptors (Lipinski definition) is 4. The lowest BCUT2D eigenvalue weighted by atomic mass is 10.3. The zero-order chi connectivity index (χ0) is 11.1. The van der Waals surface area contributed by atoms with Gasteiger partial charge in [-0.1, -0.05) is 23.9 Å². The van der Waals surface area contributed by atoms with Gasteiger partial charge in [-0.2, -0.15) is 4.39 Å². The Morgan fingerprint density at radius 3 is 2.80 bits per heavy atom. The first-order valence-corrected chi connectivity index (χ1v) is 5.44. The van der Waals surface area contributed by atoms with E-state index >= 15 is 0 Å². The van der Waals surface area contributed by atoms with Crippen molar-refractivity contribution in [3.8, 4) is 0 Å². The topological polar surface area (TPSA) is 42.9 Å². The van der Waals surface area contributed by atoms with E-state index < -0.39 is 6.08 Å². The highest BCUT2D eigenvalue weighted by molar-refractivity contribution is 8.13. The van der Waals surface area contributed by atoms with Crippen LogP contribution in [-0.2, 0) is 4.79 Å². The summed E-state index contributed by atoms with van der Waals surface area (Å²) in [5.74, 6) is 0.758. The number of halogens is 1. The fourth-order valence-corrected chi connectivity index (χ4v) is 1.44. The van der Waals surface area contributed by atoms with Crippen LogP contribution < -0.4 is 0 Å². The molecule has 0 aromatic carbocycles. The van der Waals surface area contributed by atoms with Crippen molar-refractivity contribution in [1.29, 1.82) is 0 Å². The van der Waals surface area contributed by atoms with Gasteiger partial charge in [-0.3, -0.25) is 4.79 Å². The van der Waals surface area contributed by atoms with Crippen LogP contribution in [0.2, 0.25) is 0 Å². The van der Waals surface area contributed by atoms with E-state index in [4.69, 9.17) is 0 Å². The van der Waals surface area contributed by atoms with Crippen molar-refractivity contribution in [2.45, 2.75) is 13.3 Å². The van der Waals surface area contributed by atoms with Crippen LogP contribution in [0.25, 0.3) is 6.08 Å². The number of allylic oxidation sites excluding steroid dienone is 1. The second kappa shape index (κ2) is 6.29. The molecule has 0 spiro atoms. The maximum Gasteiger partial charge on any atom is 0.308 e. The highest BCUT2D eigenvalue weighted by Crippen LogP contribution is 2.05. The lowest BCUT2D eigenvalue weighted by molar-refractivity contribution is -0.109. The molecule has 0 bridgehead atoms. The Morgan fingerprint density at radius 1 is 1.53 bits per heavy atom. The standard InChI is InChI=1S/C10H11FN2OS/c1-8(14)15-5-3-2-4-9-6-12-10(11)13-7-9/h2,4,6-7H,3,5H2,1H3. The molecule has 0 aliphatic heterocycles. The summed E-state index contributed by atoms with van der Waals surface area (Å²) in [7, 11) is 0. The predicted octanol–water partition coefficient (Wildman–Crippen LogP) is 2.30. The molecule has 0 aliphatic carbocycles. The number of carbonyl (C=O) groups is 1. The minimum atomic E-state index is -0.723. The van der Waals surface area contributed by atoms with Crippen molar-refractivity contribution in [3.05, 3.63) is 30.1 Å². The molecule has 0 atom stereocenters. The molecule has 0 saturated carbocycles. The van der Waals surface area contributed by atoms with Crippen molar-refractivity contribution >= 4 is 23.0 Å². The first-order chi connectivity index (χ1) is 7.18. The third-order valence-electron chi connectivity index (χ3n) is 1.54. The largest absolute Gasteiger partial charge is 0.308 e. The Labute approximate surface area is 91.8 Å². The maximum atomic E-state index is 12.3. The molecule has 1 rings (SSSR count). The summed E-state index contributed by atoms with van der Waals surface area (Å²) in [5, 5.41) is 0.119. The third-order valence-corrected chi connectivity index (χ3v) is 2.39. The highest BCUT2D eigenvalue weighted by Gasteiger charge is 1.93. The molecular weight excluding hydrogens is 215 g/mol. The summed E-state index contributed by atoms with van der Waals surface area (Å²) in [6, 6.07) is 0. The lowest BCUT2D eigenvalue weighted by Gasteiger charge is -1.92. The molecule has 0 unspecified atom stereocenters. The van der Waals surface area contributed by atoms with Crippen LogP contribution in [0.5, 0.6) is 0 Å². The minimum absolute atomic E-state index is 0.119. The monoisotopic (exact) mass is 226 g/mol. The first kappa shape index (κ1) is 11.8. The second-order valence-electron chi connectivity index (χ2n) is 2.82. The van der Waals surface area contributed by atoms with Crippen molar-refractivity contribution in [3.63, 3.8) is 0 Å². The minimum Gasteiger partial charge on any atom is -0.288 e. The van der Waals surface area contributed by atoms with E-state index in [0.717, 1.165) is 17.7 Å². The average Bonchev–Trinajstić information content (AvgIpc) is 2.20. The van der Waals surface area contributed by atoms with E-state index in [1.165, 1.54) is 24.2 Å². The Balaban J connectivity index is 2.32. The van der Waals surface area contributed by atoms with Gasteiger partial charge in [0.2, 0.25) is 0 Å². The lowest BCUT2D eigenvalue weighted by Crippen LogP contribution is -1.87. The smallest absolute Gasteiger partial charge is 0.288 e. The van der Waals surface area contributed by atoms with Gasteiger partial charge in [0.1, 0.15) is 0 Å². The molecule has 0 radical (unpaired) electrons. The quantitative estimate of drug-likeness (QED) is 0.583. The molecule has 0 N–H and O–H groups in total. The van der Waals surface area contributed by atoms with Crippen LogP contribution in [0.1, 0.15) is 18.9 Å². The van der Waals surface area contributed by atoms with Gasteiger partial charge in [0, 0.05) is 30.6 Å². The Morgan fingerprint density at radius 2 is 2.20 bits per heavy atom. The van der Waals surface area contributed by atoms with Crippen LogP contribution >= 0.6 is 11.8 Å². The van der Waals surface area contributed by atoms with Crippen LogP contribution in [0.3, 0.4) is 0 Å². The van der Waals surface area contributed by atoms with Gasteiger partial charge < -0.3 is 0 Å². The van der Waals surface area contributed by atoms with Crippen LogP contribution in [0.4, 0.5) is 4.39 Å². The van der Waals surface area contributed by atoms with Crippen LogP contribution in [-0.4, -0.2) is 20.8 Å². The zero-order valence-corrected chi connectivity index (χ0v) is 9.13. The van der Waals surface area contributed by atoms with Gasteiger partial charge in [-0.15, -0.1) is 0 Å². The number of hydrogen-bond donors (Lipinski definition) is 0. The Hall–Kier alpha value is -1.23. The van der Waals surface area contributed by atoms with Crippen molar-refractivity contribution in [1.82, 2.24) is 9.97 Å². The van der Waals surface area contributed by atoms with Gasteiger partial charge in [0.25, 0.3) is 0 Å². The van der Waals surface area contributed by atoms with Crippen molar-refractivity contribution in [2.75, 3.05) is 5.75 Å². The van der Waals surface area contributed by atoms with Gasteiger partial charge in [-0.25, -0.2) is 9.97 Å². The number of rotatable bonds is 4. The zero-order valence-electron chi connectivity index (χ0n) is 8.31. The number of aromatic nitrogens is 2. The fourth-order valence-electron chi connectivity index (χ4n) is 0.898. The summed E-state index contributed by atoms with van der Waals surface area (Å²) in [6.45, 7) is 1.54. The molecule has 3 nitrogen and oxygen atoms in total. The summed E-state index contributed by atoms with van der Waals surface area (Å²) in [5.41, 5.74) is 0.754. The number of nitrogens with zero attached hydrogens (tertiary/aromatic N) is 2. The molecule has 5 heteroatoms. The van der Waals surface area contributed by atoms with Gasteiger partial charge in [0.15, 0.2) is 5.12 Å². The molecule has 80 valence electrons. The summed E-state index contributed by atoms with van der Waals surface area (Å²) in [6.07, 6.45) is 6.61. The van der Waals surface area contributed by atoms with E-state index in [1.54, 1.807) is 13.0 Å². The van der Waals surface area contributed by atoms with Crippen molar-refractivity contribution in [2.24, 2.45) is 0 Å². The second-order valence-corrected chi connectivity index (χ2v) is 4.09. The Bertz CT molecular complexity index is 351. The molecule has 0 fully saturated rings. The average molecular weight is 226 g/mol. The summed E-state index contributed by atoms with van der Waals surface area (Å²) in [4.78, 5) is 17.4. The molecule has 1 heterocycles. The molecule has 15 heavy (non-hydrogen) atoms. The van der Waals surface area contributed by atoms with E-state index in [9.17, 15) is 9.18 Å². The van der Waals surface area contributed by atoms with E-state index in [1.807, 2.05) is 6.08 Å². The molecular formula is C10H11FN2OS. The third kappa shape index (κ3) is 5.27. The number of thioether (sulfide) groups is 1. The maximum absolute atomic E-state index is 12.3. The van der Waals surface area contributed by atoms with Gasteiger partial charge in [0.05, 0.1) is 0 Å². The van der Waals surface area contributed by atoms with E-state index in [-0.39, 0.29) is 5.12 Å². The van der Waals surface area contributed by atoms with Gasteiger partial charge >= 0.3 is 6.08 Å². The fraction of sp³-hybridized carbons (Fsp3) is 0.300.